The van der Waals surface area contributed by atoms with Crippen LogP contribution in [0.3, 0.4) is 0 Å². The molecule has 1 aromatic carbocycles. The molecule has 0 aromatic heterocycles. The van der Waals surface area contributed by atoms with Crippen LogP contribution < -0.4 is 10.6 Å². The average Bonchev–Trinajstić information content (AvgIpc) is 2.89. The van der Waals surface area contributed by atoms with Crippen LogP contribution in [0.25, 0.3) is 0 Å². The van der Waals surface area contributed by atoms with Gasteiger partial charge in [0.05, 0.1) is 0 Å². The summed E-state index contributed by atoms with van der Waals surface area (Å²) in [5.74, 6) is 0. The number of hydrogen-bond donors (Lipinski definition) is 2. The van der Waals surface area contributed by atoms with Crippen molar-refractivity contribution in [2.75, 3.05) is 39.3 Å². The van der Waals surface area contributed by atoms with Gasteiger partial charge in [0.2, 0.25) is 0 Å². The van der Waals surface area contributed by atoms with Crippen molar-refractivity contribution in [3.63, 3.8) is 0 Å². The molecule has 2 aliphatic rings. The quantitative estimate of drug-likeness (QED) is 0.840. The summed E-state index contributed by atoms with van der Waals surface area (Å²) in [6.07, 6.45) is 2.50. The molecule has 0 bridgehead atoms. The van der Waals surface area contributed by atoms with Gasteiger partial charge in [-0.1, -0.05) is 46.8 Å². The predicted octanol–water partition coefficient (Wildman–Crippen LogP) is 3.76. The third kappa shape index (κ3) is 4.32. The molecule has 1 atom stereocenters. The van der Waals surface area contributed by atoms with Crippen molar-refractivity contribution in [2.45, 2.75) is 71.3 Å². The van der Waals surface area contributed by atoms with Gasteiger partial charge < -0.3 is 10.6 Å². The van der Waals surface area contributed by atoms with E-state index in [9.17, 15) is 0 Å². The summed E-state index contributed by atoms with van der Waals surface area (Å²) in [6, 6.07) is 5.41. The maximum absolute atomic E-state index is 3.82. The van der Waals surface area contributed by atoms with E-state index in [2.05, 4.69) is 69.2 Å². The standard InChI is InChI=1S/C23H39N3/c1-17(25-11-14-26-12-9-24-10-13-26)20-15-18(22(2,3)4)16-21-19(20)7-8-23(21,5)6/h15-17,24-25H,7-14H2,1-6H3/t17-/m1/s1. The molecular formula is C23H39N3. The summed E-state index contributed by atoms with van der Waals surface area (Å²) in [4.78, 5) is 2.56. The van der Waals surface area contributed by atoms with Crippen LogP contribution in [-0.4, -0.2) is 44.2 Å². The molecule has 1 aliphatic heterocycles. The molecule has 26 heavy (non-hydrogen) atoms. The molecular weight excluding hydrogens is 318 g/mol. The van der Waals surface area contributed by atoms with E-state index in [4.69, 9.17) is 0 Å². The Balaban J connectivity index is 1.76. The molecule has 2 N–H and O–H groups in total. The molecule has 1 saturated heterocycles. The molecule has 0 spiro atoms. The van der Waals surface area contributed by atoms with Crippen LogP contribution in [-0.2, 0) is 17.3 Å². The average molecular weight is 358 g/mol. The first-order valence-corrected chi connectivity index (χ1v) is 10.5. The highest BCUT2D eigenvalue weighted by molar-refractivity contribution is 5.49. The van der Waals surface area contributed by atoms with Crippen molar-refractivity contribution < 1.29 is 0 Å². The Hall–Kier alpha value is -0.900. The third-order valence-electron chi connectivity index (χ3n) is 6.43. The van der Waals surface area contributed by atoms with Gasteiger partial charge in [-0.05, 0) is 52.8 Å². The predicted molar refractivity (Wildman–Crippen MR) is 112 cm³/mol. The fourth-order valence-corrected chi connectivity index (χ4v) is 4.45. The van der Waals surface area contributed by atoms with E-state index in [-0.39, 0.29) is 5.41 Å². The van der Waals surface area contributed by atoms with Gasteiger partial charge in [0.15, 0.2) is 0 Å². The molecule has 0 unspecified atom stereocenters. The van der Waals surface area contributed by atoms with E-state index in [1.54, 1.807) is 16.7 Å². The summed E-state index contributed by atoms with van der Waals surface area (Å²) in [5, 5.41) is 7.25. The van der Waals surface area contributed by atoms with E-state index in [1.807, 2.05) is 0 Å². The van der Waals surface area contributed by atoms with Crippen molar-refractivity contribution in [3.05, 3.63) is 34.4 Å². The maximum atomic E-state index is 3.82. The smallest absolute Gasteiger partial charge is 0.0295 e. The van der Waals surface area contributed by atoms with Crippen molar-refractivity contribution >= 4 is 0 Å². The Morgan fingerprint density at radius 3 is 2.54 bits per heavy atom. The largest absolute Gasteiger partial charge is 0.314 e. The first-order valence-electron chi connectivity index (χ1n) is 10.5. The Labute approximate surface area is 160 Å². The normalized spacial score (nSPS) is 21.6. The highest BCUT2D eigenvalue weighted by Crippen LogP contribution is 2.43. The monoisotopic (exact) mass is 357 g/mol. The molecule has 3 rings (SSSR count). The Morgan fingerprint density at radius 2 is 1.88 bits per heavy atom. The SMILES string of the molecule is C[C@@H](NCCN1CCNCC1)c1cc(C(C)(C)C)cc2c1CCC2(C)C. The molecule has 0 radical (unpaired) electrons. The number of hydrogen-bond acceptors (Lipinski definition) is 3. The lowest BCUT2D eigenvalue weighted by atomic mass is 9.79. The van der Waals surface area contributed by atoms with Crippen LogP contribution in [0.1, 0.15) is 76.3 Å². The second-order valence-electron chi connectivity index (χ2n) is 9.99. The zero-order valence-corrected chi connectivity index (χ0v) is 17.8. The molecule has 3 heteroatoms. The van der Waals surface area contributed by atoms with E-state index in [1.165, 1.54) is 31.5 Å². The van der Waals surface area contributed by atoms with Crippen molar-refractivity contribution in [1.29, 1.82) is 0 Å². The van der Waals surface area contributed by atoms with Gasteiger partial charge >= 0.3 is 0 Å². The van der Waals surface area contributed by atoms with Crippen molar-refractivity contribution in [2.24, 2.45) is 0 Å². The fraction of sp³-hybridized carbons (Fsp3) is 0.739. The molecule has 146 valence electrons. The lowest BCUT2D eigenvalue weighted by Crippen LogP contribution is -2.45. The fourth-order valence-electron chi connectivity index (χ4n) is 4.45. The van der Waals surface area contributed by atoms with Crippen LogP contribution in [0.2, 0.25) is 0 Å². The first-order chi connectivity index (χ1) is 12.2. The van der Waals surface area contributed by atoms with Crippen LogP contribution in [0.15, 0.2) is 12.1 Å². The molecule has 3 nitrogen and oxygen atoms in total. The van der Waals surface area contributed by atoms with Crippen LogP contribution in [0, 0.1) is 0 Å². The van der Waals surface area contributed by atoms with Crippen LogP contribution >= 0.6 is 0 Å². The van der Waals surface area contributed by atoms with Gasteiger partial charge in [0.1, 0.15) is 0 Å². The van der Waals surface area contributed by atoms with Gasteiger partial charge in [-0.15, -0.1) is 0 Å². The van der Waals surface area contributed by atoms with Gasteiger partial charge in [0, 0.05) is 45.3 Å². The second-order valence-corrected chi connectivity index (χ2v) is 9.99. The molecule has 1 aliphatic carbocycles. The lowest BCUT2D eigenvalue weighted by Gasteiger charge is -2.29. The Kier molecular flexibility index (Phi) is 5.81. The van der Waals surface area contributed by atoms with Crippen LogP contribution in [0.4, 0.5) is 0 Å². The molecule has 0 saturated carbocycles. The second kappa shape index (κ2) is 7.61. The van der Waals surface area contributed by atoms with Gasteiger partial charge in [-0.2, -0.15) is 0 Å². The van der Waals surface area contributed by atoms with E-state index in [0.717, 1.165) is 26.2 Å². The summed E-state index contributed by atoms with van der Waals surface area (Å²) in [7, 11) is 0. The highest BCUT2D eigenvalue weighted by atomic mass is 15.2. The van der Waals surface area contributed by atoms with Gasteiger partial charge in [-0.25, -0.2) is 0 Å². The first kappa shape index (κ1) is 19.9. The minimum absolute atomic E-state index is 0.197. The maximum Gasteiger partial charge on any atom is 0.0295 e. The molecule has 0 amide bonds. The molecule has 1 heterocycles. The van der Waals surface area contributed by atoms with E-state index in [0.29, 0.717) is 11.5 Å². The van der Waals surface area contributed by atoms with Crippen molar-refractivity contribution in [1.82, 2.24) is 15.5 Å². The number of piperazine rings is 1. The Morgan fingerprint density at radius 1 is 1.19 bits per heavy atom. The van der Waals surface area contributed by atoms with Gasteiger partial charge in [0.25, 0.3) is 0 Å². The highest BCUT2D eigenvalue weighted by Gasteiger charge is 2.33. The number of benzene rings is 1. The third-order valence-corrected chi connectivity index (χ3v) is 6.43. The molecule has 1 fully saturated rings. The minimum Gasteiger partial charge on any atom is -0.314 e. The summed E-state index contributed by atoms with van der Waals surface area (Å²) < 4.78 is 0. The number of nitrogens with zero attached hydrogens (tertiary/aromatic N) is 1. The van der Waals surface area contributed by atoms with E-state index < -0.39 is 0 Å². The summed E-state index contributed by atoms with van der Waals surface area (Å²) >= 11 is 0. The van der Waals surface area contributed by atoms with E-state index >= 15 is 0 Å². The summed E-state index contributed by atoms with van der Waals surface area (Å²) in [6.45, 7) is 21.0. The minimum atomic E-state index is 0.197. The molecule has 1 aromatic rings. The zero-order chi connectivity index (χ0) is 18.9. The topological polar surface area (TPSA) is 27.3 Å². The Bertz CT molecular complexity index is 621. The lowest BCUT2D eigenvalue weighted by molar-refractivity contribution is 0.238. The van der Waals surface area contributed by atoms with Crippen LogP contribution in [0.5, 0.6) is 0 Å². The number of nitrogens with one attached hydrogen (secondary N) is 2. The number of rotatable bonds is 5. The van der Waals surface area contributed by atoms with Crippen molar-refractivity contribution in [3.8, 4) is 0 Å². The van der Waals surface area contributed by atoms with Gasteiger partial charge in [-0.3, -0.25) is 4.90 Å². The summed E-state index contributed by atoms with van der Waals surface area (Å²) in [5.41, 5.74) is 6.74. The zero-order valence-electron chi connectivity index (χ0n) is 17.8. The number of fused-ring (bicyclic) bond motifs is 1.